The van der Waals surface area contributed by atoms with Crippen LogP contribution in [0.1, 0.15) is 42.2 Å². The van der Waals surface area contributed by atoms with E-state index in [9.17, 15) is 9.59 Å². The molecule has 4 nitrogen and oxygen atoms in total. The number of carbonyl (C=O) groups is 2. The monoisotopic (exact) mass is 295 g/mol. The molecule has 0 aliphatic rings. The molecule has 0 bridgehead atoms. The molecule has 0 aliphatic heterocycles. The van der Waals surface area contributed by atoms with Crippen molar-refractivity contribution >= 4 is 29.3 Å². The molecule has 0 saturated heterocycles. The second kappa shape index (κ2) is 7.24. The lowest BCUT2D eigenvalue weighted by Crippen LogP contribution is -2.39. The summed E-state index contributed by atoms with van der Waals surface area (Å²) in [4.78, 5) is 26.2. The lowest BCUT2D eigenvalue weighted by molar-refractivity contribution is -0.131. The van der Waals surface area contributed by atoms with Gasteiger partial charge < -0.3 is 10.0 Å². The van der Waals surface area contributed by atoms with Gasteiger partial charge in [-0.3, -0.25) is 4.79 Å². The van der Waals surface area contributed by atoms with E-state index in [4.69, 9.17) is 5.11 Å². The molecule has 1 N–H and O–H groups in total. The quantitative estimate of drug-likeness (QED) is 0.819. The highest BCUT2D eigenvalue weighted by Crippen LogP contribution is 2.21. The van der Waals surface area contributed by atoms with Gasteiger partial charge in [0.15, 0.2) is 0 Å². The molecule has 5 heteroatoms. The van der Waals surface area contributed by atoms with E-state index in [1.54, 1.807) is 12.1 Å². The van der Waals surface area contributed by atoms with Gasteiger partial charge in [0, 0.05) is 23.5 Å². The van der Waals surface area contributed by atoms with Gasteiger partial charge in [-0.15, -0.1) is 11.3 Å². The third-order valence-electron chi connectivity index (χ3n) is 2.67. The van der Waals surface area contributed by atoms with Crippen molar-refractivity contribution in [2.24, 2.45) is 5.92 Å². The van der Waals surface area contributed by atoms with Crippen molar-refractivity contribution in [2.75, 3.05) is 6.54 Å². The van der Waals surface area contributed by atoms with Crippen LogP contribution in [-0.4, -0.2) is 34.5 Å². The van der Waals surface area contributed by atoms with Crippen LogP contribution in [0.5, 0.6) is 0 Å². The minimum Gasteiger partial charge on any atom is -0.478 e. The molecule has 1 amide bonds. The van der Waals surface area contributed by atoms with Gasteiger partial charge in [0.25, 0.3) is 5.91 Å². The Bertz CT molecular complexity index is 503. The molecule has 0 saturated carbocycles. The number of carbonyl (C=O) groups excluding carboxylic acids is 1. The second-order valence-corrected chi connectivity index (χ2v) is 6.43. The van der Waals surface area contributed by atoms with Gasteiger partial charge >= 0.3 is 5.97 Å². The van der Waals surface area contributed by atoms with Crippen molar-refractivity contribution in [3.8, 4) is 0 Å². The minimum absolute atomic E-state index is 0.00803. The smallest absolute Gasteiger partial charge is 0.328 e. The average Bonchev–Trinajstić information content (AvgIpc) is 2.80. The molecule has 1 heterocycles. The number of carboxylic acids is 1. The molecule has 1 aromatic heterocycles. The molecule has 110 valence electrons. The normalized spacial score (nSPS) is 11.5. The van der Waals surface area contributed by atoms with Crippen molar-refractivity contribution in [1.29, 1.82) is 0 Å². The maximum atomic E-state index is 12.5. The number of amides is 1. The van der Waals surface area contributed by atoms with Gasteiger partial charge in [-0.2, -0.15) is 0 Å². The molecule has 0 fully saturated rings. The van der Waals surface area contributed by atoms with Crippen molar-refractivity contribution < 1.29 is 14.7 Å². The van der Waals surface area contributed by atoms with Gasteiger partial charge in [-0.1, -0.05) is 13.8 Å². The summed E-state index contributed by atoms with van der Waals surface area (Å²) >= 11 is 1.31. The van der Waals surface area contributed by atoms with E-state index >= 15 is 0 Å². The fourth-order valence-corrected chi connectivity index (χ4v) is 2.64. The van der Waals surface area contributed by atoms with Crippen molar-refractivity contribution in [3.63, 3.8) is 0 Å². The zero-order valence-electron chi connectivity index (χ0n) is 12.3. The Morgan fingerprint density at radius 1 is 1.30 bits per heavy atom. The first-order chi connectivity index (χ1) is 9.31. The molecular formula is C15H21NO3S. The van der Waals surface area contributed by atoms with Crippen LogP contribution in [0.25, 0.3) is 6.08 Å². The molecule has 0 atom stereocenters. The fraction of sp³-hybridized carbons (Fsp3) is 0.467. The molecule has 1 rings (SSSR count). The summed E-state index contributed by atoms with van der Waals surface area (Å²) in [7, 11) is 0. The van der Waals surface area contributed by atoms with Crippen molar-refractivity contribution in [2.45, 2.75) is 33.7 Å². The Hall–Kier alpha value is -1.62. The van der Waals surface area contributed by atoms with E-state index in [1.165, 1.54) is 17.4 Å². The summed E-state index contributed by atoms with van der Waals surface area (Å²) in [6, 6.07) is 3.67. The Morgan fingerprint density at radius 2 is 1.95 bits per heavy atom. The first-order valence-electron chi connectivity index (χ1n) is 6.63. The van der Waals surface area contributed by atoms with E-state index in [0.29, 0.717) is 17.3 Å². The van der Waals surface area contributed by atoms with Crippen LogP contribution in [0.4, 0.5) is 0 Å². The predicted octanol–water partition coefficient (Wildman–Crippen LogP) is 3.35. The third-order valence-corrected chi connectivity index (χ3v) is 3.71. The highest BCUT2D eigenvalue weighted by Gasteiger charge is 2.20. The molecule has 20 heavy (non-hydrogen) atoms. The van der Waals surface area contributed by atoms with Crippen LogP contribution >= 0.6 is 11.3 Å². The van der Waals surface area contributed by atoms with Crippen LogP contribution in [0, 0.1) is 5.92 Å². The Morgan fingerprint density at radius 3 is 2.45 bits per heavy atom. The van der Waals surface area contributed by atoms with Crippen LogP contribution in [0.15, 0.2) is 18.2 Å². The van der Waals surface area contributed by atoms with Gasteiger partial charge in [0.2, 0.25) is 0 Å². The number of aliphatic carboxylic acids is 1. The highest BCUT2D eigenvalue weighted by molar-refractivity contribution is 7.14. The van der Waals surface area contributed by atoms with E-state index in [1.807, 2.05) is 18.7 Å². The summed E-state index contributed by atoms with van der Waals surface area (Å²) < 4.78 is 0. The van der Waals surface area contributed by atoms with E-state index < -0.39 is 5.97 Å². The highest BCUT2D eigenvalue weighted by atomic mass is 32.1. The number of rotatable bonds is 6. The predicted molar refractivity (Wildman–Crippen MR) is 82.0 cm³/mol. The summed E-state index contributed by atoms with van der Waals surface area (Å²) in [5, 5.41) is 8.59. The minimum atomic E-state index is -0.991. The van der Waals surface area contributed by atoms with E-state index in [-0.39, 0.29) is 11.9 Å². The topological polar surface area (TPSA) is 57.6 Å². The van der Waals surface area contributed by atoms with Crippen molar-refractivity contribution in [1.82, 2.24) is 4.90 Å². The summed E-state index contributed by atoms with van der Waals surface area (Å²) in [5.74, 6) is -0.573. The fourth-order valence-electron chi connectivity index (χ4n) is 1.77. The Kier molecular flexibility index (Phi) is 5.95. The molecule has 0 aliphatic carbocycles. The number of hydrogen-bond acceptors (Lipinski definition) is 3. The Labute approximate surface area is 123 Å². The van der Waals surface area contributed by atoms with Gasteiger partial charge in [-0.25, -0.2) is 4.79 Å². The summed E-state index contributed by atoms with van der Waals surface area (Å²) in [6.45, 7) is 8.88. The zero-order valence-corrected chi connectivity index (χ0v) is 13.1. The molecule has 0 radical (unpaired) electrons. The van der Waals surface area contributed by atoms with Crippen LogP contribution < -0.4 is 0 Å². The van der Waals surface area contributed by atoms with Crippen LogP contribution in [-0.2, 0) is 4.79 Å². The molecular weight excluding hydrogens is 274 g/mol. The molecule has 0 unspecified atom stereocenters. The van der Waals surface area contributed by atoms with Gasteiger partial charge in [-0.05, 0) is 38.0 Å². The van der Waals surface area contributed by atoms with Gasteiger partial charge in [0.05, 0.1) is 4.88 Å². The van der Waals surface area contributed by atoms with Crippen LogP contribution in [0.2, 0.25) is 0 Å². The number of nitrogens with zero attached hydrogens (tertiary/aromatic N) is 1. The summed E-state index contributed by atoms with van der Waals surface area (Å²) in [6.07, 6.45) is 2.58. The largest absolute Gasteiger partial charge is 0.478 e. The average molecular weight is 295 g/mol. The van der Waals surface area contributed by atoms with E-state index in [0.717, 1.165) is 11.0 Å². The maximum Gasteiger partial charge on any atom is 0.328 e. The van der Waals surface area contributed by atoms with E-state index in [2.05, 4.69) is 13.8 Å². The van der Waals surface area contributed by atoms with Crippen molar-refractivity contribution in [3.05, 3.63) is 28.0 Å². The molecule has 0 spiro atoms. The zero-order chi connectivity index (χ0) is 15.3. The number of carboxylic acid groups (broad SMARTS) is 1. The summed E-state index contributed by atoms with van der Waals surface area (Å²) in [5.41, 5.74) is 0. The van der Waals surface area contributed by atoms with Gasteiger partial charge in [0.1, 0.15) is 0 Å². The SMILES string of the molecule is CC(C)CN(C(=O)c1ccc(C=CC(=O)O)s1)C(C)C. The number of hydrogen-bond donors (Lipinski definition) is 1. The maximum absolute atomic E-state index is 12.5. The Balaban J connectivity index is 2.87. The molecule has 1 aromatic rings. The third kappa shape index (κ3) is 4.81. The first kappa shape index (κ1) is 16.4. The lowest BCUT2D eigenvalue weighted by Gasteiger charge is -2.28. The van der Waals surface area contributed by atoms with Crippen LogP contribution in [0.3, 0.4) is 0 Å². The lowest BCUT2D eigenvalue weighted by atomic mass is 10.1. The standard InChI is InChI=1S/C15H21NO3S/c1-10(2)9-16(11(3)4)15(19)13-7-5-12(20-13)6-8-14(17)18/h5-8,10-11H,9H2,1-4H3,(H,17,18). The second-order valence-electron chi connectivity index (χ2n) is 5.32. The number of thiophene rings is 1. The molecule has 0 aromatic carbocycles. The first-order valence-corrected chi connectivity index (χ1v) is 7.44.